The summed E-state index contributed by atoms with van der Waals surface area (Å²) in [5, 5.41) is 10.6. The topological polar surface area (TPSA) is 78.5 Å². The number of aromatic hydroxyl groups is 1. The van der Waals surface area contributed by atoms with E-state index in [1.165, 1.54) is 62.7 Å². The van der Waals surface area contributed by atoms with Crippen LogP contribution in [0.25, 0.3) is 0 Å². The van der Waals surface area contributed by atoms with Gasteiger partial charge in [0.1, 0.15) is 11.6 Å². The van der Waals surface area contributed by atoms with Gasteiger partial charge in [0.2, 0.25) is 5.95 Å². The lowest BCUT2D eigenvalue weighted by molar-refractivity contribution is -0.0921. The van der Waals surface area contributed by atoms with Crippen LogP contribution >= 0.6 is 0 Å². The van der Waals surface area contributed by atoms with Crippen LogP contribution in [0.1, 0.15) is 49.7 Å². The van der Waals surface area contributed by atoms with Crippen molar-refractivity contribution in [2.45, 2.75) is 62.4 Å². The third-order valence-corrected chi connectivity index (χ3v) is 10.7. The number of fused-ring (bicyclic) bond motifs is 1. The van der Waals surface area contributed by atoms with Gasteiger partial charge in [0.05, 0.1) is 0 Å². The predicted octanol–water partition coefficient (Wildman–Crippen LogP) is 3.35. The zero-order chi connectivity index (χ0) is 21.9. The van der Waals surface area contributed by atoms with E-state index in [9.17, 15) is 5.11 Å². The molecule has 5 fully saturated rings. The highest BCUT2D eigenvalue weighted by Crippen LogP contribution is 2.75. The third-order valence-electron chi connectivity index (χ3n) is 10.7. The van der Waals surface area contributed by atoms with Gasteiger partial charge < -0.3 is 15.7 Å². The number of anilines is 2. The van der Waals surface area contributed by atoms with Gasteiger partial charge in [-0.25, -0.2) is 4.98 Å². The molecular weight excluding hydrogens is 410 g/mol. The van der Waals surface area contributed by atoms with Crippen LogP contribution in [0.5, 0.6) is 5.75 Å². The lowest BCUT2D eigenvalue weighted by atomic mass is 9.43. The molecule has 6 nitrogen and oxygen atoms in total. The van der Waals surface area contributed by atoms with E-state index in [0.717, 1.165) is 24.8 Å². The number of piperidine rings is 1. The second-order valence-corrected chi connectivity index (χ2v) is 11.9. The van der Waals surface area contributed by atoms with E-state index in [1.807, 2.05) is 6.07 Å². The number of benzene rings is 1. The molecule has 33 heavy (non-hydrogen) atoms. The van der Waals surface area contributed by atoms with E-state index in [0.29, 0.717) is 40.9 Å². The summed E-state index contributed by atoms with van der Waals surface area (Å²) in [4.78, 5) is 14.7. The molecule has 0 amide bonds. The monoisotopic (exact) mass is 443 g/mol. The molecule has 4 bridgehead atoms. The Balaban J connectivity index is 1.28. The van der Waals surface area contributed by atoms with Gasteiger partial charge in [-0.15, -0.1) is 0 Å². The number of rotatable bonds is 3. The maximum Gasteiger partial charge on any atom is 0.227 e. The number of nitrogens with zero attached hydrogens (tertiary/aromatic N) is 4. The smallest absolute Gasteiger partial charge is 0.227 e. The minimum atomic E-state index is 0.173. The maximum atomic E-state index is 10.6. The van der Waals surface area contributed by atoms with Gasteiger partial charge in [0.25, 0.3) is 0 Å². The first-order valence-electron chi connectivity index (χ1n) is 13.0. The summed E-state index contributed by atoms with van der Waals surface area (Å²) in [6.07, 6.45) is 10.9. The number of nitrogen functional groups attached to an aromatic ring is 1. The summed E-state index contributed by atoms with van der Waals surface area (Å²) >= 11 is 0. The number of nitrogens with two attached hydrogens (primary N) is 1. The van der Waals surface area contributed by atoms with Crippen LogP contribution in [0.15, 0.2) is 30.5 Å². The Morgan fingerprint density at radius 2 is 2.06 bits per heavy atom. The molecule has 3 heterocycles. The fraction of sp³-hybridized carbons (Fsp3) is 0.630. The standard InChI is InChI=1S/C27H33N5O/c28-23-6-9-29-25(30-23)32-15-18-13-26-7-5-21(32)24(18)27(26)8-10-31(14-16-1-2-16)22(26)11-17-3-4-19(33)12-20(17)27/h3-4,6,9,12,16,18,21-22,24,33H,1-2,5,7-8,10-11,13-15H2,(H2,28,29,30)/t18-,21?,22?,24?,26?,27?/m1/s1. The highest BCUT2D eigenvalue weighted by Gasteiger charge is 2.76. The molecule has 5 unspecified atom stereocenters. The Bertz CT molecular complexity index is 1150. The Morgan fingerprint density at radius 1 is 1.15 bits per heavy atom. The van der Waals surface area contributed by atoms with E-state index < -0.39 is 0 Å². The normalized spacial score (nSPS) is 40.5. The van der Waals surface area contributed by atoms with Gasteiger partial charge in [-0.05, 0) is 104 Å². The molecule has 3 N–H and O–H groups in total. The van der Waals surface area contributed by atoms with Gasteiger partial charge in [-0.2, -0.15) is 4.98 Å². The van der Waals surface area contributed by atoms with Gasteiger partial charge >= 0.3 is 0 Å². The molecule has 6 heteroatoms. The van der Waals surface area contributed by atoms with Gasteiger partial charge in [-0.1, -0.05) is 6.07 Å². The van der Waals surface area contributed by atoms with Crippen LogP contribution in [0.4, 0.5) is 11.8 Å². The first-order valence-corrected chi connectivity index (χ1v) is 13.0. The molecule has 0 radical (unpaired) electrons. The van der Waals surface area contributed by atoms with Crippen molar-refractivity contribution in [3.05, 3.63) is 41.6 Å². The molecule has 1 aromatic heterocycles. The zero-order valence-electron chi connectivity index (χ0n) is 19.2. The lowest BCUT2D eigenvalue weighted by Crippen LogP contribution is -2.69. The molecule has 0 spiro atoms. The maximum absolute atomic E-state index is 10.6. The van der Waals surface area contributed by atoms with Crippen LogP contribution in [0, 0.1) is 23.2 Å². The Hall–Kier alpha value is -2.34. The van der Waals surface area contributed by atoms with Crippen LogP contribution in [-0.4, -0.2) is 51.7 Å². The van der Waals surface area contributed by atoms with E-state index in [-0.39, 0.29) is 5.41 Å². The van der Waals surface area contributed by atoms with Crippen LogP contribution in [0.3, 0.4) is 0 Å². The molecule has 2 saturated heterocycles. The molecule has 8 rings (SSSR count). The summed E-state index contributed by atoms with van der Waals surface area (Å²) < 4.78 is 0. The van der Waals surface area contributed by atoms with Crippen molar-refractivity contribution in [1.29, 1.82) is 0 Å². The second-order valence-electron chi connectivity index (χ2n) is 11.9. The van der Waals surface area contributed by atoms with Crippen molar-refractivity contribution in [1.82, 2.24) is 14.9 Å². The number of phenols is 1. The van der Waals surface area contributed by atoms with Crippen LogP contribution in [0.2, 0.25) is 0 Å². The lowest BCUT2D eigenvalue weighted by Gasteiger charge is -2.66. The number of likely N-dealkylation sites (tertiary alicyclic amines) is 1. The summed E-state index contributed by atoms with van der Waals surface area (Å²) in [5.74, 6) is 4.02. The molecule has 1 aromatic carbocycles. The molecule has 172 valence electrons. The molecule has 6 aliphatic rings. The zero-order valence-corrected chi connectivity index (χ0v) is 19.2. The fourth-order valence-corrected chi connectivity index (χ4v) is 9.67. The van der Waals surface area contributed by atoms with Gasteiger partial charge in [0, 0.05) is 36.8 Å². The van der Waals surface area contributed by atoms with Crippen LogP contribution in [-0.2, 0) is 11.8 Å². The van der Waals surface area contributed by atoms with Crippen molar-refractivity contribution < 1.29 is 5.11 Å². The van der Waals surface area contributed by atoms with Crippen molar-refractivity contribution in [2.24, 2.45) is 23.2 Å². The molecule has 2 aliphatic heterocycles. The quantitative estimate of drug-likeness (QED) is 0.758. The van der Waals surface area contributed by atoms with Crippen molar-refractivity contribution in [3.8, 4) is 5.75 Å². The van der Waals surface area contributed by atoms with Crippen molar-refractivity contribution >= 4 is 11.8 Å². The van der Waals surface area contributed by atoms with Crippen molar-refractivity contribution in [3.63, 3.8) is 0 Å². The minimum Gasteiger partial charge on any atom is -0.508 e. The largest absolute Gasteiger partial charge is 0.508 e. The predicted molar refractivity (Wildman–Crippen MR) is 127 cm³/mol. The first-order chi connectivity index (χ1) is 16.1. The van der Waals surface area contributed by atoms with Crippen LogP contribution < -0.4 is 10.6 Å². The molecule has 3 saturated carbocycles. The second kappa shape index (κ2) is 6.21. The van der Waals surface area contributed by atoms with Gasteiger partial charge in [0.15, 0.2) is 0 Å². The third kappa shape index (κ3) is 2.28. The van der Waals surface area contributed by atoms with E-state index in [2.05, 4.69) is 31.9 Å². The Morgan fingerprint density at radius 3 is 2.91 bits per heavy atom. The van der Waals surface area contributed by atoms with Crippen molar-refractivity contribution in [2.75, 3.05) is 30.3 Å². The number of aromatic nitrogens is 2. The summed E-state index contributed by atoms with van der Waals surface area (Å²) in [5.41, 5.74) is 9.56. The highest BCUT2D eigenvalue weighted by atomic mass is 16.3. The van der Waals surface area contributed by atoms with E-state index in [4.69, 9.17) is 5.73 Å². The Labute approximate surface area is 195 Å². The number of phenolic OH excluding ortho intramolecular Hbond substituents is 1. The average Bonchev–Trinajstić information content (AvgIpc) is 3.49. The number of hydrogen-bond acceptors (Lipinski definition) is 6. The highest BCUT2D eigenvalue weighted by molar-refractivity contribution is 5.53. The first kappa shape index (κ1) is 19.0. The fourth-order valence-electron chi connectivity index (χ4n) is 9.67. The average molecular weight is 444 g/mol. The SMILES string of the molecule is Nc1ccnc(N2C[C@H]3CC45CCC2C3C42CCN(CC3CC3)C5Cc3ccc(O)cc32)n1. The molecular formula is C27H33N5O. The summed E-state index contributed by atoms with van der Waals surface area (Å²) in [7, 11) is 0. The molecule has 6 atom stereocenters. The summed E-state index contributed by atoms with van der Waals surface area (Å²) in [6, 6.07) is 9.22. The minimum absolute atomic E-state index is 0.173. The van der Waals surface area contributed by atoms with Gasteiger partial charge in [-0.3, -0.25) is 4.90 Å². The molecule has 4 aliphatic carbocycles. The van der Waals surface area contributed by atoms with E-state index in [1.54, 1.807) is 12.3 Å². The van der Waals surface area contributed by atoms with E-state index >= 15 is 0 Å². The number of hydrogen-bond donors (Lipinski definition) is 2. The Kier molecular flexibility index (Phi) is 3.58. The summed E-state index contributed by atoms with van der Waals surface area (Å²) in [6.45, 7) is 3.56. The molecule has 2 aromatic rings.